The standard InChI is InChI=1S/C15H29F/c1-14(2)11-7-5-9-13(14)10-6-8-12-15(3,4)16/h13H,5-12H2,1-4H3. The summed E-state index contributed by atoms with van der Waals surface area (Å²) in [5.74, 6) is 0.879. The molecule has 1 heteroatoms. The minimum absolute atomic E-state index is 0.531. The molecule has 0 amide bonds. The van der Waals surface area contributed by atoms with E-state index >= 15 is 0 Å². The number of halogens is 1. The van der Waals surface area contributed by atoms with E-state index in [-0.39, 0.29) is 0 Å². The van der Waals surface area contributed by atoms with Gasteiger partial charge in [-0.15, -0.1) is 0 Å². The lowest BCUT2D eigenvalue weighted by atomic mass is 9.67. The van der Waals surface area contributed by atoms with Crippen LogP contribution in [0.3, 0.4) is 0 Å². The van der Waals surface area contributed by atoms with Crippen LogP contribution in [0.25, 0.3) is 0 Å². The molecule has 0 radical (unpaired) electrons. The quantitative estimate of drug-likeness (QED) is 0.544. The number of alkyl halides is 1. The van der Waals surface area contributed by atoms with Crippen molar-refractivity contribution in [1.82, 2.24) is 0 Å². The van der Waals surface area contributed by atoms with E-state index in [0.29, 0.717) is 5.41 Å². The maximum absolute atomic E-state index is 13.3. The van der Waals surface area contributed by atoms with Crippen LogP contribution in [0.2, 0.25) is 0 Å². The largest absolute Gasteiger partial charge is 0.245 e. The second-order valence-corrected chi connectivity index (χ2v) is 6.90. The third-order valence-electron chi connectivity index (χ3n) is 4.30. The summed E-state index contributed by atoms with van der Waals surface area (Å²) in [4.78, 5) is 0. The molecule has 0 aromatic carbocycles. The Kier molecular flexibility index (Phi) is 4.82. The van der Waals surface area contributed by atoms with Gasteiger partial charge in [0.05, 0.1) is 0 Å². The second-order valence-electron chi connectivity index (χ2n) is 6.90. The van der Waals surface area contributed by atoms with Gasteiger partial charge in [0.1, 0.15) is 5.67 Å². The molecule has 0 saturated heterocycles. The van der Waals surface area contributed by atoms with Gasteiger partial charge < -0.3 is 0 Å². The summed E-state index contributed by atoms with van der Waals surface area (Å²) < 4.78 is 13.3. The number of rotatable bonds is 5. The Balaban J connectivity index is 2.21. The Hall–Kier alpha value is -0.0700. The molecule has 0 aromatic heterocycles. The molecule has 0 nitrogen and oxygen atoms in total. The fourth-order valence-electron chi connectivity index (χ4n) is 3.04. The predicted molar refractivity (Wildman–Crippen MR) is 69.4 cm³/mol. The van der Waals surface area contributed by atoms with Gasteiger partial charge in [-0.3, -0.25) is 0 Å². The molecule has 0 aromatic rings. The normalized spacial score (nSPS) is 25.7. The van der Waals surface area contributed by atoms with Crippen LogP contribution in [0.1, 0.15) is 79.1 Å². The molecule has 0 N–H and O–H groups in total. The van der Waals surface area contributed by atoms with Crippen molar-refractivity contribution in [2.45, 2.75) is 84.7 Å². The van der Waals surface area contributed by atoms with E-state index in [1.807, 2.05) is 0 Å². The van der Waals surface area contributed by atoms with Gasteiger partial charge in [0.25, 0.3) is 0 Å². The zero-order chi connectivity index (χ0) is 12.2. The van der Waals surface area contributed by atoms with E-state index in [9.17, 15) is 4.39 Å². The van der Waals surface area contributed by atoms with Gasteiger partial charge >= 0.3 is 0 Å². The summed E-state index contributed by atoms with van der Waals surface area (Å²) in [7, 11) is 0. The highest BCUT2D eigenvalue weighted by atomic mass is 19.1. The molecule has 1 aliphatic rings. The van der Waals surface area contributed by atoms with Gasteiger partial charge in [0.15, 0.2) is 0 Å². The molecule has 1 fully saturated rings. The summed E-state index contributed by atoms with van der Waals surface area (Å²) in [6.45, 7) is 8.21. The summed E-state index contributed by atoms with van der Waals surface area (Å²) in [6.07, 6.45) is 9.88. The first-order valence-corrected chi connectivity index (χ1v) is 7.00. The second kappa shape index (κ2) is 5.51. The molecule has 1 aliphatic carbocycles. The summed E-state index contributed by atoms with van der Waals surface area (Å²) in [5, 5.41) is 0. The first-order chi connectivity index (χ1) is 7.31. The molecule has 1 unspecified atom stereocenters. The molecule has 0 bridgehead atoms. The lowest BCUT2D eigenvalue weighted by Crippen LogP contribution is -2.27. The number of hydrogen-bond donors (Lipinski definition) is 0. The minimum Gasteiger partial charge on any atom is -0.245 e. The lowest BCUT2D eigenvalue weighted by Gasteiger charge is -2.39. The van der Waals surface area contributed by atoms with Crippen LogP contribution in [0, 0.1) is 11.3 Å². The molecule has 1 saturated carbocycles. The molecular weight excluding hydrogens is 199 g/mol. The highest BCUT2D eigenvalue weighted by molar-refractivity contribution is 4.82. The van der Waals surface area contributed by atoms with Crippen molar-refractivity contribution < 1.29 is 4.39 Å². The third kappa shape index (κ3) is 4.84. The Morgan fingerprint density at radius 2 is 1.88 bits per heavy atom. The lowest BCUT2D eigenvalue weighted by molar-refractivity contribution is 0.123. The van der Waals surface area contributed by atoms with Crippen molar-refractivity contribution in [2.24, 2.45) is 11.3 Å². The molecule has 16 heavy (non-hydrogen) atoms. The SMILES string of the molecule is CC(C)(F)CCCCC1CCCCC1(C)C. The Morgan fingerprint density at radius 1 is 1.19 bits per heavy atom. The highest BCUT2D eigenvalue weighted by Gasteiger charge is 2.31. The van der Waals surface area contributed by atoms with Crippen LogP contribution in [-0.2, 0) is 0 Å². The minimum atomic E-state index is -0.970. The first kappa shape index (κ1) is 14.0. The van der Waals surface area contributed by atoms with Crippen molar-refractivity contribution >= 4 is 0 Å². The van der Waals surface area contributed by atoms with Crippen molar-refractivity contribution in [3.05, 3.63) is 0 Å². The van der Waals surface area contributed by atoms with Crippen LogP contribution >= 0.6 is 0 Å². The Labute approximate surface area is 101 Å². The summed E-state index contributed by atoms with van der Waals surface area (Å²) >= 11 is 0. The fourth-order valence-corrected chi connectivity index (χ4v) is 3.04. The molecule has 0 aliphatic heterocycles. The monoisotopic (exact) mass is 228 g/mol. The Morgan fingerprint density at radius 3 is 2.44 bits per heavy atom. The maximum Gasteiger partial charge on any atom is 0.105 e. The zero-order valence-electron chi connectivity index (χ0n) is 11.6. The van der Waals surface area contributed by atoms with Gasteiger partial charge in [-0.25, -0.2) is 4.39 Å². The molecule has 1 rings (SSSR count). The van der Waals surface area contributed by atoms with E-state index in [2.05, 4.69) is 13.8 Å². The smallest absolute Gasteiger partial charge is 0.105 e. The first-order valence-electron chi connectivity index (χ1n) is 7.00. The number of unbranched alkanes of at least 4 members (excludes halogenated alkanes) is 1. The third-order valence-corrected chi connectivity index (χ3v) is 4.30. The van der Waals surface area contributed by atoms with Gasteiger partial charge in [-0.1, -0.05) is 39.5 Å². The average Bonchev–Trinajstić information content (AvgIpc) is 2.12. The number of hydrogen-bond acceptors (Lipinski definition) is 0. The Bertz CT molecular complexity index is 200. The maximum atomic E-state index is 13.3. The van der Waals surface area contributed by atoms with Crippen molar-refractivity contribution in [2.75, 3.05) is 0 Å². The molecule has 96 valence electrons. The van der Waals surface area contributed by atoms with Crippen molar-refractivity contribution in [3.8, 4) is 0 Å². The van der Waals surface area contributed by atoms with E-state index in [1.165, 1.54) is 38.5 Å². The van der Waals surface area contributed by atoms with Crippen LogP contribution in [0.15, 0.2) is 0 Å². The molecule has 1 atom stereocenters. The summed E-state index contributed by atoms with van der Waals surface area (Å²) in [6, 6.07) is 0. The zero-order valence-corrected chi connectivity index (χ0v) is 11.6. The van der Waals surface area contributed by atoms with Crippen molar-refractivity contribution in [3.63, 3.8) is 0 Å². The van der Waals surface area contributed by atoms with Crippen LogP contribution in [0.4, 0.5) is 4.39 Å². The molecular formula is C15H29F. The average molecular weight is 228 g/mol. The fraction of sp³-hybridized carbons (Fsp3) is 1.00. The van der Waals surface area contributed by atoms with Crippen LogP contribution in [-0.4, -0.2) is 5.67 Å². The van der Waals surface area contributed by atoms with Gasteiger partial charge in [-0.05, 0) is 50.9 Å². The van der Waals surface area contributed by atoms with E-state index in [0.717, 1.165) is 18.8 Å². The van der Waals surface area contributed by atoms with Gasteiger partial charge in [-0.2, -0.15) is 0 Å². The molecule has 0 heterocycles. The van der Waals surface area contributed by atoms with Gasteiger partial charge in [0, 0.05) is 0 Å². The van der Waals surface area contributed by atoms with Crippen LogP contribution in [0.5, 0.6) is 0 Å². The van der Waals surface area contributed by atoms with E-state index in [1.54, 1.807) is 13.8 Å². The predicted octanol–water partition coefficient (Wildman–Crippen LogP) is 5.51. The van der Waals surface area contributed by atoms with E-state index in [4.69, 9.17) is 0 Å². The topological polar surface area (TPSA) is 0 Å². The summed E-state index contributed by atoms with van der Waals surface area (Å²) in [5.41, 5.74) is -0.439. The van der Waals surface area contributed by atoms with E-state index < -0.39 is 5.67 Å². The van der Waals surface area contributed by atoms with Gasteiger partial charge in [0.2, 0.25) is 0 Å². The highest BCUT2D eigenvalue weighted by Crippen LogP contribution is 2.43. The van der Waals surface area contributed by atoms with Crippen molar-refractivity contribution in [1.29, 1.82) is 0 Å². The molecule has 0 spiro atoms. The van der Waals surface area contributed by atoms with Crippen LogP contribution < -0.4 is 0 Å².